The van der Waals surface area contributed by atoms with Crippen molar-refractivity contribution in [3.05, 3.63) is 13.2 Å². The van der Waals surface area contributed by atoms with Crippen LogP contribution in [0.3, 0.4) is 0 Å². The van der Waals surface area contributed by atoms with Crippen molar-refractivity contribution in [2.75, 3.05) is 6.54 Å². The molecule has 0 aromatic heterocycles. The maximum atomic E-state index is 6.21. The summed E-state index contributed by atoms with van der Waals surface area (Å²) >= 11 is 0. The van der Waals surface area contributed by atoms with E-state index < -0.39 is 0 Å². The largest absolute Gasteiger partial charge is 2.00 e. The first kappa shape index (κ1) is 17.6. The van der Waals surface area contributed by atoms with Gasteiger partial charge in [0.2, 0.25) is 0 Å². The average Bonchev–Trinajstić information content (AvgIpc) is 0.918. The summed E-state index contributed by atoms with van der Waals surface area (Å²) in [7, 11) is 0. The molecule has 0 radical (unpaired) electrons. The van der Waals surface area contributed by atoms with Gasteiger partial charge in [-0.05, 0) is 0 Å². The Kier molecular flexibility index (Phi) is 82.5. The van der Waals surface area contributed by atoms with Crippen molar-refractivity contribution in [2.45, 2.75) is 6.92 Å². The fourth-order valence-corrected chi connectivity index (χ4v) is 0. The first-order valence-electron chi connectivity index (χ1n) is 1.06. The molecule has 0 rings (SSSR count). The maximum Gasteiger partial charge on any atom is 2.00 e. The fourth-order valence-electron chi connectivity index (χ4n) is 0. The van der Waals surface area contributed by atoms with Gasteiger partial charge in [0, 0.05) is 0 Å². The van der Waals surface area contributed by atoms with Gasteiger partial charge in [0.1, 0.15) is 0 Å². The second-order valence-corrected chi connectivity index (χ2v) is 0.354. The summed E-state index contributed by atoms with van der Waals surface area (Å²) in [6.07, 6.45) is 0. The van der Waals surface area contributed by atoms with Gasteiger partial charge in [-0.3, -0.25) is 0 Å². The van der Waals surface area contributed by atoms with E-state index in [-0.39, 0.29) is 26.9 Å². The molecule has 0 aliphatic rings. The molecule has 1 N–H and O–H groups in total. The molecule has 0 heterocycles. The minimum absolute atomic E-state index is 0. The molecule has 0 saturated carbocycles. The van der Waals surface area contributed by atoms with Crippen LogP contribution in [0.5, 0.6) is 0 Å². The van der Waals surface area contributed by atoms with Crippen LogP contribution in [0.25, 0.3) is 5.73 Å². The molecule has 0 fully saturated rings. The van der Waals surface area contributed by atoms with Gasteiger partial charge in [0.25, 0.3) is 0 Å². The molecular formula is C3H9NZn. The molecule has 1 nitrogen and oxygen atoms in total. The van der Waals surface area contributed by atoms with Gasteiger partial charge in [-0.15, -0.1) is 0 Å². The van der Waals surface area contributed by atoms with Crippen LogP contribution < -0.4 is 0 Å². The van der Waals surface area contributed by atoms with Crippen LogP contribution >= 0.6 is 0 Å². The Morgan fingerprint density at radius 3 is 1.60 bits per heavy atom. The molecule has 0 aliphatic heterocycles. The minimum Gasteiger partial charge on any atom is -0.678 e. The zero-order chi connectivity index (χ0) is 2.71. The molecule has 0 amide bonds. The number of nitrogens with one attached hydrogen (secondary N) is 1. The molecule has 2 heteroatoms. The summed E-state index contributed by atoms with van der Waals surface area (Å²) in [5.74, 6) is 0. The second-order valence-electron chi connectivity index (χ2n) is 0.354. The molecule has 0 spiro atoms. The summed E-state index contributed by atoms with van der Waals surface area (Å²) in [5.41, 5.74) is 6.21. The van der Waals surface area contributed by atoms with Crippen LogP contribution in [0.2, 0.25) is 0 Å². The van der Waals surface area contributed by atoms with E-state index in [4.69, 9.17) is 5.73 Å². The summed E-state index contributed by atoms with van der Waals surface area (Å²) in [4.78, 5) is 0. The van der Waals surface area contributed by atoms with Crippen LogP contribution in [-0.2, 0) is 19.5 Å². The first-order valence-corrected chi connectivity index (χ1v) is 1.06. The van der Waals surface area contributed by atoms with Crippen LogP contribution in [-0.4, -0.2) is 6.54 Å². The van der Waals surface area contributed by atoms with Gasteiger partial charge in [0.05, 0.1) is 0 Å². The van der Waals surface area contributed by atoms with Crippen molar-refractivity contribution in [1.82, 2.24) is 0 Å². The Balaban J connectivity index is -0.0000000200. The van der Waals surface area contributed by atoms with Crippen molar-refractivity contribution in [3.63, 3.8) is 0 Å². The fraction of sp³-hybridized carbons (Fsp3) is 0.667. The van der Waals surface area contributed by atoms with Gasteiger partial charge in [-0.1, -0.05) is 6.92 Å². The summed E-state index contributed by atoms with van der Waals surface area (Å²) in [6.45, 7) is 2.29. The number of hydrogen-bond acceptors (Lipinski definition) is 0. The van der Waals surface area contributed by atoms with E-state index in [0.29, 0.717) is 6.54 Å². The third-order valence-corrected chi connectivity index (χ3v) is 0. The van der Waals surface area contributed by atoms with Crippen molar-refractivity contribution in [1.29, 1.82) is 0 Å². The maximum absolute atomic E-state index is 6.21. The van der Waals surface area contributed by atoms with Crippen molar-refractivity contribution < 1.29 is 19.5 Å². The van der Waals surface area contributed by atoms with Crippen molar-refractivity contribution >= 4 is 0 Å². The van der Waals surface area contributed by atoms with Gasteiger partial charge in [-0.2, -0.15) is 6.54 Å². The Hall–Kier alpha value is 0.583. The summed E-state index contributed by atoms with van der Waals surface area (Å²) in [6, 6.07) is 0. The Morgan fingerprint density at radius 2 is 1.60 bits per heavy atom. The summed E-state index contributed by atoms with van der Waals surface area (Å²) < 4.78 is 0. The molecule has 0 atom stereocenters. The quantitative estimate of drug-likeness (QED) is 0.345. The molecule has 0 aliphatic carbocycles. The average molecular weight is 125 g/mol. The van der Waals surface area contributed by atoms with Gasteiger partial charge in [0.15, 0.2) is 0 Å². The zero-order valence-corrected chi connectivity index (χ0v) is 6.88. The Bertz CT molecular complexity index is 6.85. The van der Waals surface area contributed by atoms with Crippen LogP contribution in [0.1, 0.15) is 6.92 Å². The van der Waals surface area contributed by atoms with Crippen LogP contribution in [0, 0.1) is 7.43 Å². The van der Waals surface area contributed by atoms with E-state index in [0.717, 1.165) is 0 Å². The van der Waals surface area contributed by atoms with E-state index in [9.17, 15) is 0 Å². The molecule has 28 valence electrons. The topological polar surface area (TPSA) is 23.8 Å². The smallest absolute Gasteiger partial charge is 0.678 e. The summed E-state index contributed by atoms with van der Waals surface area (Å²) in [5, 5.41) is 0. The Morgan fingerprint density at radius 1 is 1.60 bits per heavy atom. The molecule has 0 saturated heterocycles. The van der Waals surface area contributed by atoms with Gasteiger partial charge >= 0.3 is 19.5 Å². The zero-order valence-electron chi connectivity index (χ0n) is 3.91. The molecular weight excluding hydrogens is 115 g/mol. The molecule has 0 bridgehead atoms. The predicted molar refractivity (Wildman–Crippen MR) is 21.3 cm³/mol. The Labute approximate surface area is 46.7 Å². The van der Waals surface area contributed by atoms with Gasteiger partial charge in [-0.25, -0.2) is 0 Å². The van der Waals surface area contributed by atoms with Crippen LogP contribution in [0.4, 0.5) is 0 Å². The number of rotatable bonds is 0. The first-order chi connectivity index (χ1) is 1.41. The van der Waals surface area contributed by atoms with Crippen molar-refractivity contribution in [3.8, 4) is 0 Å². The standard InChI is InChI=1S/C2H6N.CH3.Zn/c1-2-3;;/h3H,2H2,1H3;1H3;/q2*-1;+2. The minimum atomic E-state index is 0. The van der Waals surface area contributed by atoms with E-state index in [1.807, 2.05) is 0 Å². The van der Waals surface area contributed by atoms with E-state index in [1.165, 1.54) is 0 Å². The normalized spacial score (nSPS) is 3.60. The molecule has 5 heavy (non-hydrogen) atoms. The monoisotopic (exact) mass is 123 g/mol. The van der Waals surface area contributed by atoms with E-state index >= 15 is 0 Å². The molecule has 0 unspecified atom stereocenters. The van der Waals surface area contributed by atoms with Crippen LogP contribution in [0.15, 0.2) is 0 Å². The van der Waals surface area contributed by atoms with Crippen molar-refractivity contribution in [2.24, 2.45) is 0 Å². The molecule has 0 aromatic carbocycles. The SMILES string of the molecule is CC[NH-].[CH3-].[Zn+2]. The predicted octanol–water partition coefficient (Wildman–Crippen LogP) is 1.51. The van der Waals surface area contributed by atoms with Gasteiger partial charge < -0.3 is 13.2 Å². The van der Waals surface area contributed by atoms with E-state index in [1.54, 1.807) is 6.92 Å². The number of hydrogen-bond donors (Lipinski definition) is 0. The second kappa shape index (κ2) is 23.5. The third kappa shape index (κ3) is 89.9. The third-order valence-electron chi connectivity index (χ3n) is 0. The molecule has 0 aromatic rings. The van der Waals surface area contributed by atoms with E-state index in [2.05, 4.69) is 0 Å².